The number of carbonyl (C=O) groups excluding carboxylic acids is 2. The fraction of sp³-hybridized carbons (Fsp3) is 0.429. The number of likely N-dealkylation sites (tertiary alicyclic amines) is 1. The average molecular weight is 372 g/mol. The molecule has 1 aliphatic rings. The molecule has 1 aromatic rings. The minimum absolute atomic E-state index is 0.426. The number of hydrogen-bond acceptors (Lipinski definition) is 2. The van der Waals surface area contributed by atoms with Crippen LogP contribution in [0.25, 0.3) is 0 Å². The van der Waals surface area contributed by atoms with Crippen molar-refractivity contribution in [1.82, 2.24) is 4.90 Å². The van der Waals surface area contributed by atoms with Crippen molar-refractivity contribution in [2.75, 3.05) is 18.4 Å². The lowest BCUT2D eigenvalue weighted by atomic mass is 10.0. The molecule has 1 aliphatic heterocycles. The molecule has 4 nitrogen and oxygen atoms in total. The number of carbonyl (C=O) groups is 2. The van der Waals surface area contributed by atoms with Crippen molar-refractivity contribution in [2.24, 2.45) is 5.92 Å². The maximum Gasteiger partial charge on any atom is 0.313 e. The second kappa shape index (κ2) is 6.36. The lowest BCUT2D eigenvalue weighted by Crippen LogP contribution is -2.44. The number of hydrogen-bond donors (Lipinski definition) is 1. The molecule has 0 aromatic heterocycles. The Morgan fingerprint density at radius 2 is 2.00 bits per heavy atom. The summed E-state index contributed by atoms with van der Waals surface area (Å²) < 4.78 is 1.09. The molecule has 1 N–H and O–H groups in total. The van der Waals surface area contributed by atoms with E-state index in [0.29, 0.717) is 24.7 Å². The molecule has 0 bridgehead atoms. The number of halogens is 1. The number of amides is 2. The quantitative estimate of drug-likeness (QED) is 0.608. The lowest BCUT2D eigenvalue weighted by Gasteiger charge is -2.30. The summed E-state index contributed by atoms with van der Waals surface area (Å²) in [4.78, 5) is 25.6. The van der Waals surface area contributed by atoms with Gasteiger partial charge in [-0.05, 0) is 65.6 Å². The van der Waals surface area contributed by atoms with Crippen molar-refractivity contribution in [1.29, 1.82) is 0 Å². The highest BCUT2D eigenvalue weighted by Gasteiger charge is 2.25. The van der Waals surface area contributed by atoms with Crippen LogP contribution in [0.15, 0.2) is 24.3 Å². The van der Waals surface area contributed by atoms with Crippen LogP contribution >= 0.6 is 22.6 Å². The Morgan fingerprint density at radius 3 is 2.63 bits per heavy atom. The third-order valence-corrected chi connectivity index (χ3v) is 3.96. The number of nitrogens with one attached hydrogen (secondary N) is 1. The molecule has 1 aromatic carbocycles. The second-order valence-electron chi connectivity index (χ2n) is 4.96. The van der Waals surface area contributed by atoms with Gasteiger partial charge in [0.05, 0.1) is 0 Å². The summed E-state index contributed by atoms with van der Waals surface area (Å²) >= 11 is 2.19. The SMILES string of the molecule is CC1CCCN(C(=O)C(=O)Nc2ccc(I)cc2)C1. The number of rotatable bonds is 1. The third kappa shape index (κ3) is 3.92. The van der Waals surface area contributed by atoms with Gasteiger partial charge < -0.3 is 10.2 Å². The number of benzene rings is 1. The predicted octanol–water partition coefficient (Wildman–Crippen LogP) is 2.49. The topological polar surface area (TPSA) is 49.4 Å². The first-order chi connectivity index (χ1) is 9.06. The number of nitrogens with zero attached hydrogens (tertiary/aromatic N) is 1. The van der Waals surface area contributed by atoms with E-state index in [1.807, 2.05) is 12.1 Å². The van der Waals surface area contributed by atoms with Gasteiger partial charge in [-0.2, -0.15) is 0 Å². The van der Waals surface area contributed by atoms with Gasteiger partial charge in [0.25, 0.3) is 0 Å². The van der Waals surface area contributed by atoms with Gasteiger partial charge in [-0.1, -0.05) is 6.92 Å². The molecule has 1 saturated heterocycles. The fourth-order valence-electron chi connectivity index (χ4n) is 2.24. The van der Waals surface area contributed by atoms with E-state index in [4.69, 9.17) is 0 Å². The summed E-state index contributed by atoms with van der Waals surface area (Å²) in [6.45, 7) is 3.47. The van der Waals surface area contributed by atoms with Gasteiger partial charge in [-0.3, -0.25) is 9.59 Å². The van der Waals surface area contributed by atoms with E-state index in [9.17, 15) is 9.59 Å². The van der Waals surface area contributed by atoms with Crippen molar-refractivity contribution in [3.63, 3.8) is 0 Å². The van der Waals surface area contributed by atoms with Crippen LogP contribution in [-0.2, 0) is 9.59 Å². The van der Waals surface area contributed by atoms with Gasteiger partial charge in [0.1, 0.15) is 0 Å². The maximum atomic E-state index is 12.0. The van der Waals surface area contributed by atoms with Gasteiger partial charge in [-0.15, -0.1) is 0 Å². The first-order valence-corrected chi connectivity index (χ1v) is 7.50. The highest BCUT2D eigenvalue weighted by Crippen LogP contribution is 2.16. The van der Waals surface area contributed by atoms with Crippen LogP contribution in [0.3, 0.4) is 0 Å². The number of anilines is 1. The van der Waals surface area contributed by atoms with E-state index in [1.54, 1.807) is 17.0 Å². The Kier molecular flexibility index (Phi) is 4.79. The van der Waals surface area contributed by atoms with E-state index in [1.165, 1.54) is 0 Å². The van der Waals surface area contributed by atoms with Crippen LogP contribution in [0, 0.1) is 9.49 Å². The molecule has 0 saturated carbocycles. The van der Waals surface area contributed by atoms with E-state index in [0.717, 1.165) is 16.4 Å². The van der Waals surface area contributed by atoms with Gasteiger partial charge in [0.2, 0.25) is 0 Å². The minimum Gasteiger partial charge on any atom is -0.334 e. The van der Waals surface area contributed by atoms with Crippen molar-refractivity contribution in [2.45, 2.75) is 19.8 Å². The Balaban J connectivity index is 1.95. The third-order valence-electron chi connectivity index (χ3n) is 3.24. The average Bonchev–Trinajstić information content (AvgIpc) is 2.40. The number of piperidine rings is 1. The van der Waals surface area contributed by atoms with Crippen LogP contribution in [0.4, 0.5) is 5.69 Å². The van der Waals surface area contributed by atoms with Crippen LogP contribution in [0.5, 0.6) is 0 Å². The molecule has 1 heterocycles. The molecule has 1 fully saturated rings. The van der Waals surface area contributed by atoms with E-state index >= 15 is 0 Å². The minimum atomic E-state index is -0.546. The van der Waals surface area contributed by atoms with Crippen LogP contribution in [-0.4, -0.2) is 29.8 Å². The second-order valence-corrected chi connectivity index (χ2v) is 6.21. The molecule has 0 radical (unpaired) electrons. The first kappa shape index (κ1) is 14.3. The maximum absolute atomic E-state index is 12.0. The molecule has 1 unspecified atom stereocenters. The highest BCUT2D eigenvalue weighted by molar-refractivity contribution is 14.1. The molecule has 2 rings (SSSR count). The van der Waals surface area contributed by atoms with Crippen molar-refractivity contribution < 1.29 is 9.59 Å². The van der Waals surface area contributed by atoms with E-state index in [-0.39, 0.29) is 0 Å². The summed E-state index contributed by atoms with van der Waals surface area (Å²) in [5.74, 6) is -0.496. The Labute approximate surface area is 126 Å². The molecule has 19 heavy (non-hydrogen) atoms. The fourth-order valence-corrected chi connectivity index (χ4v) is 2.59. The van der Waals surface area contributed by atoms with Crippen LogP contribution < -0.4 is 5.32 Å². The van der Waals surface area contributed by atoms with Crippen molar-refractivity contribution >= 4 is 40.1 Å². The lowest BCUT2D eigenvalue weighted by molar-refractivity contribution is -0.144. The summed E-state index contributed by atoms with van der Waals surface area (Å²) in [5.41, 5.74) is 0.656. The summed E-state index contributed by atoms with van der Waals surface area (Å²) in [5, 5.41) is 2.65. The molecule has 0 spiro atoms. The standard InChI is InChI=1S/C14H17IN2O2/c1-10-3-2-8-17(9-10)14(19)13(18)16-12-6-4-11(15)5-7-12/h4-7,10H,2-3,8-9H2,1H3,(H,16,18). The van der Waals surface area contributed by atoms with Crippen molar-refractivity contribution in [3.8, 4) is 0 Å². The van der Waals surface area contributed by atoms with Gasteiger partial charge in [-0.25, -0.2) is 0 Å². The Morgan fingerprint density at radius 1 is 1.32 bits per heavy atom. The molecule has 0 aliphatic carbocycles. The van der Waals surface area contributed by atoms with E-state index in [2.05, 4.69) is 34.8 Å². The predicted molar refractivity (Wildman–Crippen MR) is 82.8 cm³/mol. The first-order valence-electron chi connectivity index (χ1n) is 6.42. The summed E-state index contributed by atoms with van der Waals surface area (Å²) in [7, 11) is 0. The highest BCUT2D eigenvalue weighted by atomic mass is 127. The molecule has 5 heteroatoms. The van der Waals surface area contributed by atoms with Crippen LogP contribution in [0.1, 0.15) is 19.8 Å². The molecular formula is C14H17IN2O2. The van der Waals surface area contributed by atoms with Gasteiger partial charge in [0.15, 0.2) is 0 Å². The zero-order valence-corrected chi connectivity index (χ0v) is 13.0. The molecule has 2 amide bonds. The normalized spacial score (nSPS) is 19.1. The zero-order valence-electron chi connectivity index (χ0n) is 10.9. The Hall–Kier alpha value is -1.11. The van der Waals surface area contributed by atoms with Gasteiger partial charge >= 0.3 is 11.8 Å². The smallest absolute Gasteiger partial charge is 0.313 e. The largest absolute Gasteiger partial charge is 0.334 e. The van der Waals surface area contributed by atoms with Gasteiger partial charge in [0, 0.05) is 22.3 Å². The summed E-state index contributed by atoms with van der Waals surface area (Å²) in [6.07, 6.45) is 2.10. The zero-order chi connectivity index (χ0) is 13.8. The molecular weight excluding hydrogens is 355 g/mol. The Bertz CT molecular complexity index is 473. The summed E-state index contributed by atoms with van der Waals surface area (Å²) in [6, 6.07) is 7.38. The monoisotopic (exact) mass is 372 g/mol. The van der Waals surface area contributed by atoms with Crippen molar-refractivity contribution in [3.05, 3.63) is 27.8 Å². The van der Waals surface area contributed by atoms with E-state index < -0.39 is 11.8 Å². The molecule has 102 valence electrons. The molecule has 1 atom stereocenters. The van der Waals surface area contributed by atoms with Crippen LogP contribution in [0.2, 0.25) is 0 Å².